The number of esters is 4. The van der Waals surface area contributed by atoms with Crippen molar-refractivity contribution in [3.05, 3.63) is 0 Å². The van der Waals surface area contributed by atoms with E-state index >= 15 is 0 Å². The normalized spacial score (nSPS) is 15.9. The lowest BCUT2D eigenvalue weighted by Gasteiger charge is -2.45. The highest BCUT2D eigenvalue weighted by molar-refractivity contribution is 5.82. The fourth-order valence-corrected chi connectivity index (χ4v) is 4.15. The summed E-state index contributed by atoms with van der Waals surface area (Å²) in [7, 11) is 0. The van der Waals surface area contributed by atoms with Gasteiger partial charge in [0.1, 0.15) is 17.6 Å². The van der Waals surface area contributed by atoms with Gasteiger partial charge in [-0.25, -0.2) is 0 Å². The van der Waals surface area contributed by atoms with Crippen LogP contribution in [0.15, 0.2) is 0 Å². The highest BCUT2D eigenvalue weighted by Crippen LogP contribution is 2.44. The van der Waals surface area contributed by atoms with E-state index in [9.17, 15) is 19.2 Å². The predicted octanol–water partition coefficient (Wildman–Crippen LogP) is 6.13. The van der Waals surface area contributed by atoms with E-state index in [1.807, 2.05) is 41.5 Å². The minimum absolute atomic E-state index is 0.199. The number of hydrogen-bond donors (Lipinski definition) is 0. The number of unbranched alkanes of at least 4 members (excludes halogenated alkanes) is 1. The lowest BCUT2D eigenvalue weighted by Crippen LogP contribution is -2.59. The van der Waals surface area contributed by atoms with E-state index in [1.54, 1.807) is 27.7 Å². The summed E-state index contributed by atoms with van der Waals surface area (Å²) in [4.78, 5) is 51.8. The Morgan fingerprint density at radius 2 is 1.17 bits per heavy atom. The summed E-state index contributed by atoms with van der Waals surface area (Å²) in [5, 5.41) is 0. The van der Waals surface area contributed by atoms with Gasteiger partial charge in [0.05, 0.1) is 5.41 Å². The molecule has 0 aromatic heterocycles. The Labute approximate surface area is 218 Å². The van der Waals surface area contributed by atoms with Crippen LogP contribution in [0.2, 0.25) is 0 Å². The second-order valence-corrected chi connectivity index (χ2v) is 10.6. The summed E-state index contributed by atoms with van der Waals surface area (Å²) in [5.41, 5.74) is -2.31. The van der Waals surface area contributed by atoms with Crippen LogP contribution in [0.25, 0.3) is 0 Å². The molecule has 4 atom stereocenters. The molecule has 210 valence electrons. The molecule has 0 aliphatic rings. The third-order valence-electron chi connectivity index (χ3n) is 6.27. The van der Waals surface area contributed by atoms with Gasteiger partial charge in [0, 0.05) is 19.3 Å². The number of hydrogen-bond acceptors (Lipinski definition) is 8. The summed E-state index contributed by atoms with van der Waals surface area (Å²) in [6.07, 6.45) is 0.450. The Balaban J connectivity index is 6.53. The van der Waals surface area contributed by atoms with Crippen LogP contribution in [-0.4, -0.2) is 42.4 Å². The summed E-state index contributed by atoms with van der Waals surface area (Å²) in [5.74, 6) is -2.50. The fraction of sp³-hybridized carbons (Fsp3) is 0.857. The third-order valence-corrected chi connectivity index (χ3v) is 6.27. The van der Waals surface area contributed by atoms with Gasteiger partial charge < -0.3 is 18.9 Å². The molecule has 0 radical (unpaired) electrons. The molecule has 0 fully saturated rings. The molecule has 0 saturated heterocycles. The molecule has 8 nitrogen and oxygen atoms in total. The molecule has 0 rings (SSSR count). The molecule has 0 bridgehead atoms. The standard InChI is InChI=1S/C28H50O8/c1-11-16-18-23(30)35-24(15-5)36-26(32)28(19(6)7,20(13-3)33-22(29)17-12-2)21(14-4)34-25(31)27(8,9)10/h19-21,24H,11-18H2,1-10H3. The monoisotopic (exact) mass is 514 g/mol. The molecule has 8 heteroatoms. The molecule has 0 aromatic carbocycles. The van der Waals surface area contributed by atoms with E-state index in [4.69, 9.17) is 18.9 Å². The molecule has 36 heavy (non-hydrogen) atoms. The van der Waals surface area contributed by atoms with Crippen LogP contribution in [0.3, 0.4) is 0 Å². The van der Waals surface area contributed by atoms with E-state index in [0.717, 1.165) is 6.42 Å². The van der Waals surface area contributed by atoms with E-state index in [2.05, 4.69) is 0 Å². The van der Waals surface area contributed by atoms with Crippen molar-refractivity contribution in [1.82, 2.24) is 0 Å². The third kappa shape index (κ3) is 9.40. The summed E-state index contributed by atoms with van der Waals surface area (Å²) in [6, 6.07) is 0. The largest absolute Gasteiger partial charge is 0.461 e. The Morgan fingerprint density at radius 3 is 1.58 bits per heavy atom. The lowest BCUT2D eigenvalue weighted by atomic mass is 9.66. The van der Waals surface area contributed by atoms with Gasteiger partial charge in [0.25, 0.3) is 0 Å². The zero-order chi connectivity index (χ0) is 28.1. The maximum absolute atomic E-state index is 14.0. The van der Waals surface area contributed by atoms with Gasteiger partial charge in [-0.1, -0.05) is 54.9 Å². The zero-order valence-electron chi connectivity index (χ0n) is 24.2. The van der Waals surface area contributed by atoms with Crippen molar-refractivity contribution in [2.24, 2.45) is 16.7 Å². The second-order valence-electron chi connectivity index (χ2n) is 10.6. The number of carbonyl (C=O) groups excluding carboxylic acids is 4. The first-order valence-corrected chi connectivity index (χ1v) is 13.6. The average molecular weight is 515 g/mol. The van der Waals surface area contributed by atoms with Crippen LogP contribution in [0.4, 0.5) is 0 Å². The molecule has 0 aromatic rings. The molecule has 0 spiro atoms. The molecular weight excluding hydrogens is 464 g/mol. The molecule has 4 unspecified atom stereocenters. The van der Waals surface area contributed by atoms with E-state index in [1.165, 1.54) is 0 Å². The molecule has 0 heterocycles. The Morgan fingerprint density at radius 1 is 0.639 bits per heavy atom. The maximum atomic E-state index is 14.0. The molecular formula is C28H50O8. The van der Waals surface area contributed by atoms with Crippen molar-refractivity contribution in [3.8, 4) is 0 Å². The van der Waals surface area contributed by atoms with Gasteiger partial charge >= 0.3 is 23.9 Å². The quantitative estimate of drug-likeness (QED) is 0.138. The van der Waals surface area contributed by atoms with Gasteiger partial charge in [-0.05, 0) is 52.4 Å². The summed E-state index contributed by atoms with van der Waals surface area (Å²) in [6.45, 7) is 18.1. The molecule has 0 N–H and O–H groups in total. The second kappa shape index (κ2) is 15.9. The van der Waals surface area contributed by atoms with E-state index in [-0.39, 0.29) is 19.3 Å². The van der Waals surface area contributed by atoms with Gasteiger partial charge in [-0.3, -0.25) is 19.2 Å². The average Bonchev–Trinajstić information content (AvgIpc) is 2.80. The minimum Gasteiger partial charge on any atom is -0.461 e. The van der Waals surface area contributed by atoms with Gasteiger partial charge in [-0.15, -0.1) is 0 Å². The SMILES string of the molecule is CCCCC(=O)OC(CC)OC(=O)C(C(C)C)(C(CC)OC(=O)CCC)C(CC)OC(=O)C(C)(C)C. The van der Waals surface area contributed by atoms with Gasteiger partial charge in [-0.2, -0.15) is 0 Å². The molecule has 0 aliphatic heterocycles. The summed E-state index contributed by atoms with van der Waals surface area (Å²) >= 11 is 0. The van der Waals surface area contributed by atoms with Crippen LogP contribution in [0.5, 0.6) is 0 Å². The van der Waals surface area contributed by atoms with Crippen LogP contribution < -0.4 is 0 Å². The van der Waals surface area contributed by atoms with E-state index < -0.39 is 59.1 Å². The first-order valence-electron chi connectivity index (χ1n) is 13.6. The minimum atomic E-state index is -1.50. The number of ether oxygens (including phenoxy) is 4. The predicted molar refractivity (Wildman–Crippen MR) is 138 cm³/mol. The van der Waals surface area contributed by atoms with Crippen molar-refractivity contribution in [2.75, 3.05) is 0 Å². The number of rotatable bonds is 16. The zero-order valence-corrected chi connectivity index (χ0v) is 24.2. The van der Waals surface area contributed by atoms with Crippen LogP contribution in [0, 0.1) is 16.7 Å². The van der Waals surface area contributed by atoms with Gasteiger partial charge in [0.2, 0.25) is 6.29 Å². The topological polar surface area (TPSA) is 105 Å². The Kier molecular flexibility index (Phi) is 14.9. The van der Waals surface area contributed by atoms with Crippen molar-refractivity contribution in [1.29, 1.82) is 0 Å². The fourth-order valence-electron chi connectivity index (χ4n) is 4.15. The van der Waals surface area contributed by atoms with Crippen LogP contribution >= 0.6 is 0 Å². The first-order chi connectivity index (χ1) is 16.8. The summed E-state index contributed by atoms with van der Waals surface area (Å²) < 4.78 is 23.0. The highest BCUT2D eigenvalue weighted by atomic mass is 16.7. The maximum Gasteiger partial charge on any atom is 0.323 e. The van der Waals surface area contributed by atoms with Crippen molar-refractivity contribution >= 4 is 23.9 Å². The van der Waals surface area contributed by atoms with Crippen molar-refractivity contribution in [3.63, 3.8) is 0 Å². The lowest BCUT2D eigenvalue weighted by molar-refractivity contribution is -0.221. The first kappa shape index (κ1) is 33.9. The molecule has 0 aliphatic carbocycles. The number of carbonyl (C=O) groups is 4. The Hall–Kier alpha value is -2.12. The molecule has 0 amide bonds. The van der Waals surface area contributed by atoms with Gasteiger partial charge in [0.15, 0.2) is 0 Å². The smallest absolute Gasteiger partial charge is 0.323 e. The van der Waals surface area contributed by atoms with Crippen molar-refractivity contribution < 1.29 is 38.1 Å². The molecule has 0 saturated carbocycles. The van der Waals surface area contributed by atoms with E-state index in [0.29, 0.717) is 25.7 Å². The Bertz CT molecular complexity index is 709. The van der Waals surface area contributed by atoms with Crippen LogP contribution in [-0.2, 0) is 38.1 Å². The van der Waals surface area contributed by atoms with Crippen LogP contribution in [0.1, 0.15) is 121 Å². The highest BCUT2D eigenvalue weighted by Gasteiger charge is 2.58. The van der Waals surface area contributed by atoms with Crippen molar-refractivity contribution in [2.45, 2.75) is 139 Å².